The Bertz CT molecular complexity index is 1420. The second-order valence-corrected chi connectivity index (χ2v) is 10.6. The lowest BCUT2D eigenvalue weighted by molar-refractivity contribution is -0.116. The van der Waals surface area contributed by atoms with Gasteiger partial charge in [0.05, 0.1) is 16.4 Å². The number of halogens is 1. The fourth-order valence-electron chi connectivity index (χ4n) is 4.18. The number of benzene rings is 3. The van der Waals surface area contributed by atoms with Crippen molar-refractivity contribution in [3.8, 4) is 5.69 Å². The summed E-state index contributed by atoms with van der Waals surface area (Å²) in [6.07, 6.45) is 1.71. The summed E-state index contributed by atoms with van der Waals surface area (Å²) in [7, 11) is 0. The molecular weight excluding hydrogens is 484 g/mol. The van der Waals surface area contributed by atoms with Crippen LogP contribution in [0, 0.1) is 0 Å². The van der Waals surface area contributed by atoms with Crippen LogP contribution in [0.2, 0.25) is 5.02 Å². The number of unbranched alkanes of at least 4 members (excludes halogenated alkanes) is 1. The van der Waals surface area contributed by atoms with Crippen LogP contribution < -0.4 is 5.32 Å². The topological polar surface area (TPSA) is 67.2 Å². The molecule has 2 amide bonds. The lowest BCUT2D eigenvalue weighted by atomic mass is 9.92. The van der Waals surface area contributed by atoms with Crippen molar-refractivity contribution >= 4 is 40.0 Å². The molecule has 37 heavy (non-hydrogen) atoms. The number of nitrogens with zero attached hydrogens (tertiary/aromatic N) is 3. The minimum Gasteiger partial charge on any atom is -0.329 e. The zero-order chi connectivity index (χ0) is 26.6. The zero-order valence-corrected chi connectivity index (χ0v) is 22.5. The molecule has 0 aliphatic heterocycles. The number of rotatable bonds is 8. The molecule has 0 saturated carbocycles. The van der Waals surface area contributed by atoms with Gasteiger partial charge < -0.3 is 10.2 Å². The van der Waals surface area contributed by atoms with Gasteiger partial charge in [0.2, 0.25) is 5.91 Å². The average Bonchev–Trinajstić information content (AvgIpc) is 3.30. The standard InChI is InChI=1S/C30H33ClN4O2/c1-5-6-18-34(29(37)23-15-11-13-21-12-7-8-14-22(21)23)20-28(36)32-27-19-26(30(2,3)4)33-35(27)25-17-10-9-16-24(25)31/h7-17,19H,5-6,18,20H2,1-4H3,(H,32,36). The number of carbonyl (C=O) groups is 2. The number of carbonyl (C=O) groups excluding carboxylic acids is 2. The number of anilines is 1. The average molecular weight is 517 g/mol. The lowest BCUT2D eigenvalue weighted by Crippen LogP contribution is -2.39. The Kier molecular flexibility index (Phi) is 7.98. The first-order valence-corrected chi connectivity index (χ1v) is 13.0. The van der Waals surface area contributed by atoms with E-state index in [1.807, 2.05) is 66.7 Å². The van der Waals surface area contributed by atoms with Crippen LogP contribution in [0.15, 0.2) is 72.8 Å². The fraction of sp³-hybridized carbons (Fsp3) is 0.300. The summed E-state index contributed by atoms with van der Waals surface area (Å²) >= 11 is 6.46. The zero-order valence-electron chi connectivity index (χ0n) is 21.8. The Morgan fingerprint density at radius 2 is 1.70 bits per heavy atom. The molecule has 0 aliphatic carbocycles. The maximum Gasteiger partial charge on any atom is 0.254 e. The van der Waals surface area contributed by atoms with Crippen LogP contribution in [0.4, 0.5) is 5.82 Å². The van der Waals surface area contributed by atoms with Crippen molar-refractivity contribution in [3.63, 3.8) is 0 Å². The molecule has 0 spiro atoms. The molecule has 0 unspecified atom stereocenters. The molecule has 1 aromatic heterocycles. The first-order chi connectivity index (χ1) is 17.7. The van der Waals surface area contributed by atoms with E-state index in [1.54, 1.807) is 15.6 Å². The van der Waals surface area contributed by atoms with Crippen molar-refractivity contribution in [1.29, 1.82) is 0 Å². The highest BCUT2D eigenvalue weighted by atomic mass is 35.5. The van der Waals surface area contributed by atoms with E-state index in [9.17, 15) is 9.59 Å². The van der Waals surface area contributed by atoms with E-state index in [4.69, 9.17) is 16.7 Å². The quantitative estimate of drug-likeness (QED) is 0.278. The minimum atomic E-state index is -0.293. The highest BCUT2D eigenvalue weighted by Gasteiger charge is 2.24. The Labute approximate surface area is 223 Å². The van der Waals surface area contributed by atoms with Gasteiger partial charge in [0.15, 0.2) is 0 Å². The van der Waals surface area contributed by atoms with Gasteiger partial charge in [-0.1, -0.05) is 94.2 Å². The molecule has 0 aliphatic rings. The van der Waals surface area contributed by atoms with E-state index in [-0.39, 0.29) is 23.8 Å². The van der Waals surface area contributed by atoms with Crippen molar-refractivity contribution < 1.29 is 9.59 Å². The summed E-state index contributed by atoms with van der Waals surface area (Å²) in [5, 5.41) is 10.1. The van der Waals surface area contributed by atoms with Crippen LogP contribution in [-0.2, 0) is 10.2 Å². The van der Waals surface area contributed by atoms with Crippen molar-refractivity contribution in [2.24, 2.45) is 0 Å². The Balaban J connectivity index is 1.62. The van der Waals surface area contributed by atoms with E-state index in [1.165, 1.54) is 0 Å². The number of hydrogen-bond acceptors (Lipinski definition) is 3. The van der Waals surface area contributed by atoms with Crippen LogP contribution in [-0.4, -0.2) is 39.6 Å². The monoisotopic (exact) mass is 516 g/mol. The van der Waals surface area contributed by atoms with Gasteiger partial charge in [0.1, 0.15) is 12.4 Å². The summed E-state index contributed by atoms with van der Waals surface area (Å²) in [5.41, 5.74) is 1.85. The summed E-state index contributed by atoms with van der Waals surface area (Å²) in [5.74, 6) is 0.0600. The van der Waals surface area contributed by atoms with Crippen molar-refractivity contribution in [3.05, 3.63) is 89.1 Å². The largest absolute Gasteiger partial charge is 0.329 e. The van der Waals surface area contributed by atoms with Crippen LogP contribution in [0.1, 0.15) is 56.6 Å². The first-order valence-electron chi connectivity index (χ1n) is 12.6. The third-order valence-electron chi connectivity index (χ3n) is 6.25. The molecule has 1 heterocycles. The minimum absolute atomic E-state index is 0.0688. The van der Waals surface area contributed by atoms with Crippen LogP contribution >= 0.6 is 11.6 Å². The number of hydrogen-bond donors (Lipinski definition) is 1. The second-order valence-electron chi connectivity index (χ2n) is 10.2. The van der Waals surface area contributed by atoms with Crippen molar-refractivity contribution in [2.45, 2.75) is 46.0 Å². The predicted octanol–water partition coefficient (Wildman–Crippen LogP) is 6.86. The van der Waals surface area contributed by atoms with E-state index >= 15 is 0 Å². The Morgan fingerprint density at radius 3 is 2.43 bits per heavy atom. The molecule has 0 radical (unpaired) electrons. The lowest BCUT2D eigenvalue weighted by Gasteiger charge is -2.23. The highest BCUT2D eigenvalue weighted by molar-refractivity contribution is 6.32. The highest BCUT2D eigenvalue weighted by Crippen LogP contribution is 2.29. The number of para-hydroxylation sites is 1. The van der Waals surface area contributed by atoms with Gasteiger partial charge in [-0.3, -0.25) is 9.59 Å². The van der Waals surface area contributed by atoms with Gasteiger partial charge in [-0.2, -0.15) is 5.10 Å². The normalized spacial score (nSPS) is 11.5. The van der Waals surface area contributed by atoms with Gasteiger partial charge in [-0.15, -0.1) is 0 Å². The predicted molar refractivity (Wildman–Crippen MR) is 151 cm³/mol. The Morgan fingerprint density at radius 1 is 1.00 bits per heavy atom. The molecule has 0 bridgehead atoms. The molecule has 3 aromatic carbocycles. The van der Waals surface area contributed by atoms with Gasteiger partial charge in [0.25, 0.3) is 5.91 Å². The third-order valence-corrected chi connectivity index (χ3v) is 6.57. The maximum atomic E-state index is 13.6. The summed E-state index contributed by atoms with van der Waals surface area (Å²) in [6, 6.07) is 22.7. The smallest absolute Gasteiger partial charge is 0.254 e. The molecule has 4 rings (SSSR count). The van der Waals surface area contributed by atoms with E-state index in [0.29, 0.717) is 28.6 Å². The van der Waals surface area contributed by atoms with Crippen molar-refractivity contribution in [1.82, 2.24) is 14.7 Å². The summed E-state index contributed by atoms with van der Waals surface area (Å²) in [6.45, 7) is 8.67. The van der Waals surface area contributed by atoms with Crippen LogP contribution in [0.25, 0.3) is 16.5 Å². The van der Waals surface area contributed by atoms with Crippen LogP contribution in [0.3, 0.4) is 0 Å². The molecule has 192 valence electrons. The van der Waals surface area contributed by atoms with Gasteiger partial charge in [0, 0.05) is 23.6 Å². The van der Waals surface area contributed by atoms with Crippen molar-refractivity contribution in [2.75, 3.05) is 18.4 Å². The van der Waals surface area contributed by atoms with Crippen LogP contribution in [0.5, 0.6) is 0 Å². The first kappa shape index (κ1) is 26.4. The summed E-state index contributed by atoms with van der Waals surface area (Å²) < 4.78 is 1.66. The third kappa shape index (κ3) is 6.03. The van der Waals surface area contributed by atoms with E-state index in [0.717, 1.165) is 29.3 Å². The van der Waals surface area contributed by atoms with E-state index in [2.05, 4.69) is 33.0 Å². The molecule has 0 fully saturated rings. The molecule has 6 nitrogen and oxygen atoms in total. The molecule has 0 atom stereocenters. The molecule has 7 heteroatoms. The summed E-state index contributed by atoms with van der Waals surface area (Å²) in [4.78, 5) is 28.6. The Hall–Kier alpha value is -3.64. The van der Waals surface area contributed by atoms with E-state index < -0.39 is 0 Å². The number of amides is 2. The van der Waals surface area contributed by atoms with Gasteiger partial charge in [-0.05, 0) is 35.4 Å². The molecule has 1 N–H and O–H groups in total. The molecule has 0 saturated heterocycles. The maximum absolute atomic E-state index is 13.6. The number of fused-ring (bicyclic) bond motifs is 1. The van der Waals surface area contributed by atoms with Gasteiger partial charge >= 0.3 is 0 Å². The number of aromatic nitrogens is 2. The number of nitrogens with one attached hydrogen (secondary N) is 1. The van der Waals surface area contributed by atoms with Gasteiger partial charge in [-0.25, -0.2) is 4.68 Å². The molecule has 4 aromatic rings. The fourth-order valence-corrected chi connectivity index (χ4v) is 4.40. The second kappa shape index (κ2) is 11.2. The SMILES string of the molecule is CCCCN(CC(=O)Nc1cc(C(C)(C)C)nn1-c1ccccc1Cl)C(=O)c1cccc2ccccc12. The molecular formula is C30H33ClN4O2.